The van der Waals surface area contributed by atoms with Crippen molar-refractivity contribution in [3.63, 3.8) is 0 Å². The third-order valence-corrected chi connectivity index (χ3v) is 5.85. The van der Waals surface area contributed by atoms with Gasteiger partial charge < -0.3 is 15.1 Å². The Morgan fingerprint density at radius 3 is 2.79 bits per heavy atom. The van der Waals surface area contributed by atoms with Gasteiger partial charge in [-0.25, -0.2) is 0 Å². The molecule has 0 aliphatic carbocycles. The monoisotopic (exact) mass is 477 g/mol. The number of anilines is 1. The SMILES string of the molecule is Cc1ccc(-c2ccc(/C=N\N=C3/NC(=O)[C@H](CC(=O)Nc4ccccc4)S3)o2)c([N+](=O)[O-])c1. The number of furan rings is 1. The van der Waals surface area contributed by atoms with Crippen molar-refractivity contribution in [1.29, 1.82) is 0 Å². The molecular weight excluding hydrogens is 458 g/mol. The van der Waals surface area contributed by atoms with Gasteiger partial charge in [-0.3, -0.25) is 19.7 Å². The maximum Gasteiger partial charge on any atom is 0.280 e. The van der Waals surface area contributed by atoms with Gasteiger partial charge in [0.25, 0.3) is 5.69 Å². The molecule has 1 saturated heterocycles. The highest BCUT2D eigenvalue weighted by atomic mass is 32.2. The smallest absolute Gasteiger partial charge is 0.280 e. The Hall–Kier alpha value is -4.25. The number of rotatable bonds is 7. The van der Waals surface area contributed by atoms with E-state index >= 15 is 0 Å². The molecule has 2 N–H and O–H groups in total. The molecule has 1 atom stereocenters. The zero-order valence-corrected chi connectivity index (χ0v) is 18.7. The Kier molecular flexibility index (Phi) is 6.83. The Morgan fingerprint density at radius 1 is 1.24 bits per heavy atom. The first kappa shape index (κ1) is 22.9. The lowest BCUT2D eigenvalue weighted by Gasteiger charge is -2.06. The van der Waals surface area contributed by atoms with Crippen LogP contribution in [0.2, 0.25) is 0 Å². The minimum Gasteiger partial charge on any atom is -0.455 e. The lowest BCUT2D eigenvalue weighted by atomic mass is 10.1. The zero-order chi connectivity index (χ0) is 24.1. The van der Waals surface area contributed by atoms with Gasteiger partial charge in [-0.05, 0) is 42.8 Å². The first-order chi connectivity index (χ1) is 16.4. The first-order valence-corrected chi connectivity index (χ1v) is 11.1. The van der Waals surface area contributed by atoms with Gasteiger partial charge in [0, 0.05) is 18.2 Å². The highest BCUT2D eigenvalue weighted by Crippen LogP contribution is 2.31. The van der Waals surface area contributed by atoms with E-state index in [9.17, 15) is 19.7 Å². The number of carbonyl (C=O) groups excluding carboxylic acids is 2. The fourth-order valence-electron chi connectivity index (χ4n) is 3.19. The van der Waals surface area contributed by atoms with Gasteiger partial charge >= 0.3 is 0 Å². The number of benzene rings is 2. The van der Waals surface area contributed by atoms with E-state index in [0.29, 0.717) is 22.8 Å². The van der Waals surface area contributed by atoms with E-state index in [0.717, 1.165) is 17.3 Å². The number of nitro groups is 1. The Morgan fingerprint density at radius 2 is 2.03 bits per heavy atom. The van der Waals surface area contributed by atoms with E-state index in [1.165, 1.54) is 12.3 Å². The number of nitrogens with zero attached hydrogens (tertiary/aromatic N) is 3. The van der Waals surface area contributed by atoms with Crippen molar-refractivity contribution < 1.29 is 18.9 Å². The number of carbonyl (C=O) groups is 2. The van der Waals surface area contributed by atoms with Gasteiger partial charge in [0.15, 0.2) is 5.17 Å². The fourth-order valence-corrected chi connectivity index (χ4v) is 4.12. The molecule has 0 saturated carbocycles. The maximum atomic E-state index is 12.2. The topological polar surface area (TPSA) is 139 Å². The summed E-state index contributed by atoms with van der Waals surface area (Å²) in [7, 11) is 0. The minimum atomic E-state index is -0.616. The van der Waals surface area contributed by atoms with Crippen LogP contribution in [0.15, 0.2) is 75.3 Å². The molecule has 1 aliphatic heterocycles. The second-order valence-corrected chi connectivity index (χ2v) is 8.53. The first-order valence-electron chi connectivity index (χ1n) is 10.2. The van der Waals surface area contributed by atoms with Crippen LogP contribution < -0.4 is 10.6 Å². The predicted molar refractivity (Wildman–Crippen MR) is 130 cm³/mol. The van der Waals surface area contributed by atoms with Gasteiger partial charge in [-0.1, -0.05) is 36.0 Å². The molecule has 0 spiro atoms. The molecule has 172 valence electrons. The standard InChI is InChI=1S/C23H19N5O5S/c1-14-7-9-17(18(11-14)28(31)32)19-10-8-16(33-19)13-24-27-23-26-22(30)20(34-23)12-21(29)25-15-5-3-2-4-6-15/h2-11,13,20H,12H2,1H3,(H,25,29)(H,26,27,30)/b24-13-/t20-/m0/s1. The Labute approximate surface area is 198 Å². The van der Waals surface area contributed by atoms with Gasteiger partial charge in [0.1, 0.15) is 16.8 Å². The number of aryl methyl sites for hydroxylation is 1. The number of amidine groups is 1. The molecule has 0 radical (unpaired) electrons. The quantitative estimate of drug-likeness (QED) is 0.298. The predicted octanol–water partition coefficient (Wildman–Crippen LogP) is 4.11. The summed E-state index contributed by atoms with van der Waals surface area (Å²) < 4.78 is 5.65. The summed E-state index contributed by atoms with van der Waals surface area (Å²) in [6.45, 7) is 1.77. The number of hydrogen-bond acceptors (Lipinski definition) is 8. The van der Waals surface area contributed by atoms with E-state index in [1.807, 2.05) is 6.07 Å². The average Bonchev–Trinajstić information content (AvgIpc) is 3.41. The molecule has 2 heterocycles. The number of thioether (sulfide) groups is 1. The molecule has 1 fully saturated rings. The molecule has 2 amide bonds. The summed E-state index contributed by atoms with van der Waals surface area (Å²) in [5.74, 6) is 0.0576. The molecular formula is C23H19N5O5S. The van der Waals surface area contributed by atoms with E-state index in [-0.39, 0.29) is 29.1 Å². The summed E-state index contributed by atoms with van der Waals surface area (Å²) in [5, 5.41) is 24.2. The number of hydrogen-bond donors (Lipinski definition) is 2. The molecule has 4 rings (SSSR count). The van der Waals surface area contributed by atoms with Crippen molar-refractivity contribution in [2.75, 3.05) is 5.32 Å². The molecule has 3 aromatic rings. The molecule has 0 unspecified atom stereocenters. The van der Waals surface area contributed by atoms with Gasteiger partial charge in [-0.2, -0.15) is 5.10 Å². The number of nitrogens with one attached hydrogen (secondary N) is 2. The molecule has 11 heteroatoms. The lowest BCUT2D eigenvalue weighted by molar-refractivity contribution is -0.384. The van der Waals surface area contributed by atoms with E-state index in [1.54, 1.807) is 55.5 Å². The van der Waals surface area contributed by atoms with Crippen LogP contribution in [0.1, 0.15) is 17.7 Å². The second-order valence-electron chi connectivity index (χ2n) is 7.34. The van der Waals surface area contributed by atoms with Crippen LogP contribution in [-0.4, -0.2) is 33.4 Å². The van der Waals surface area contributed by atoms with Gasteiger partial charge in [-0.15, -0.1) is 5.10 Å². The summed E-state index contributed by atoms with van der Waals surface area (Å²) in [6.07, 6.45) is 1.32. The summed E-state index contributed by atoms with van der Waals surface area (Å²) >= 11 is 1.11. The second kappa shape index (κ2) is 10.1. The minimum absolute atomic E-state index is 0.00893. The fraction of sp³-hybridized carbons (Fsp3) is 0.130. The lowest BCUT2D eigenvalue weighted by Crippen LogP contribution is -2.28. The number of para-hydroxylation sites is 1. The van der Waals surface area contributed by atoms with Crippen LogP contribution in [0.3, 0.4) is 0 Å². The molecule has 1 aliphatic rings. The third-order valence-electron chi connectivity index (χ3n) is 4.78. The van der Waals surface area contributed by atoms with Crippen LogP contribution in [0.25, 0.3) is 11.3 Å². The molecule has 0 bridgehead atoms. The highest BCUT2D eigenvalue weighted by molar-refractivity contribution is 8.15. The normalized spacial score (nSPS) is 16.7. The summed E-state index contributed by atoms with van der Waals surface area (Å²) in [6, 6.07) is 17.1. The van der Waals surface area contributed by atoms with Crippen LogP contribution in [0.4, 0.5) is 11.4 Å². The van der Waals surface area contributed by atoms with Crippen molar-refractivity contribution in [2.24, 2.45) is 10.2 Å². The number of nitro benzene ring substituents is 1. The zero-order valence-electron chi connectivity index (χ0n) is 17.9. The van der Waals surface area contributed by atoms with Crippen molar-refractivity contribution in [3.05, 3.63) is 82.1 Å². The number of amides is 2. The molecule has 10 nitrogen and oxygen atoms in total. The molecule has 2 aromatic carbocycles. The van der Waals surface area contributed by atoms with Crippen molar-refractivity contribution in [2.45, 2.75) is 18.6 Å². The van der Waals surface area contributed by atoms with Crippen LogP contribution >= 0.6 is 11.8 Å². The van der Waals surface area contributed by atoms with Crippen molar-refractivity contribution >= 4 is 46.3 Å². The van der Waals surface area contributed by atoms with E-state index in [2.05, 4.69) is 20.8 Å². The van der Waals surface area contributed by atoms with Gasteiger partial charge in [0.05, 0.1) is 16.7 Å². The van der Waals surface area contributed by atoms with Gasteiger partial charge in [0.2, 0.25) is 11.8 Å². The van der Waals surface area contributed by atoms with Crippen molar-refractivity contribution in [3.8, 4) is 11.3 Å². The molecule has 34 heavy (non-hydrogen) atoms. The average molecular weight is 478 g/mol. The van der Waals surface area contributed by atoms with E-state index in [4.69, 9.17) is 4.42 Å². The Bertz CT molecular complexity index is 1300. The van der Waals surface area contributed by atoms with Crippen LogP contribution in [0.5, 0.6) is 0 Å². The van der Waals surface area contributed by atoms with Crippen LogP contribution in [0, 0.1) is 17.0 Å². The van der Waals surface area contributed by atoms with Crippen molar-refractivity contribution in [1.82, 2.24) is 5.32 Å². The Balaban J connectivity index is 1.37. The summed E-state index contributed by atoms with van der Waals surface area (Å²) in [5.41, 5.74) is 1.73. The summed E-state index contributed by atoms with van der Waals surface area (Å²) in [4.78, 5) is 35.2. The maximum absolute atomic E-state index is 12.2. The molecule has 1 aromatic heterocycles. The largest absolute Gasteiger partial charge is 0.455 e. The van der Waals surface area contributed by atoms with Crippen LogP contribution in [-0.2, 0) is 9.59 Å². The highest BCUT2D eigenvalue weighted by Gasteiger charge is 2.32. The van der Waals surface area contributed by atoms with E-state index < -0.39 is 10.2 Å². The third kappa shape index (κ3) is 5.56.